The SMILES string of the molecule is CC1(C)CCN(C2CC(N3C(=O)C4(CCN(C(=O)OC(C)(C)C)CC4)c4ccc(-c5cc6ncn(C7CC7)c6c(Cl)n5)cc43)C2)C1. The number of nitrogens with zero attached hydrogens (tertiary/aromatic N) is 6. The van der Waals surface area contributed by atoms with Gasteiger partial charge in [0.05, 0.1) is 23.0 Å². The number of aromatic nitrogens is 3. The van der Waals surface area contributed by atoms with E-state index in [2.05, 4.69) is 51.4 Å². The summed E-state index contributed by atoms with van der Waals surface area (Å²) in [7, 11) is 0. The zero-order chi connectivity index (χ0) is 32.2. The Balaban J connectivity index is 1.11. The second kappa shape index (κ2) is 10.4. The summed E-state index contributed by atoms with van der Waals surface area (Å²) < 4.78 is 7.82. The molecule has 1 spiro atoms. The minimum absolute atomic E-state index is 0.159. The number of hydrogen-bond acceptors (Lipinski definition) is 6. The molecule has 2 amide bonds. The Bertz CT molecular complexity index is 1730. The fraction of sp³-hybridized carbons (Fsp3) is 0.611. The van der Waals surface area contributed by atoms with Gasteiger partial charge in [-0.3, -0.25) is 9.69 Å². The summed E-state index contributed by atoms with van der Waals surface area (Å²) in [4.78, 5) is 43.6. The number of halogens is 1. The van der Waals surface area contributed by atoms with Crippen LogP contribution in [0, 0.1) is 5.41 Å². The molecule has 46 heavy (non-hydrogen) atoms. The average molecular weight is 645 g/mol. The van der Waals surface area contributed by atoms with Crippen LogP contribution in [0.5, 0.6) is 0 Å². The zero-order valence-corrected chi connectivity index (χ0v) is 28.4. The molecule has 10 heteroatoms. The Kier molecular flexibility index (Phi) is 6.83. The summed E-state index contributed by atoms with van der Waals surface area (Å²) >= 11 is 6.79. The van der Waals surface area contributed by atoms with Gasteiger partial charge in [0.1, 0.15) is 11.1 Å². The second-order valence-electron chi connectivity index (χ2n) is 16.2. The normalized spacial score (nSPS) is 25.7. The van der Waals surface area contributed by atoms with Crippen LogP contribution in [-0.2, 0) is 14.9 Å². The van der Waals surface area contributed by atoms with Crippen LogP contribution in [0.15, 0.2) is 30.6 Å². The van der Waals surface area contributed by atoms with Crippen molar-refractivity contribution >= 4 is 40.3 Å². The predicted octanol–water partition coefficient (Wildman–Crippen LogP) is 6.96. The number of carbonyl (C=O) groups excluding carboxylic acids is 2. The largest absolute Gasteiger partial charge is 0.444 e. The first kappa shape index (κ1) is 30.2. The minimum atomic E-state index is -0.648. The van der Waals surface area contributed by atoms with E-state index in [-0.39, 0.29) is 18.0 Å². The number of pyridine rings is 1. The van der Waals surface area contributed by atoms with Crippen LogP contribution in [-0.4, -0.2) is 80.2 Å². The molecule has 4 fully saturated rings. The molecule has 0 bridgehead atoms. The summed E-state index contributed by atoms with van der Waals surface area (Å²) in [6.45, 7) is 13.6. The summed E-state index contributed by atoms with van der Waals surface area (Å²) in [6.07, 6.45) is 8.22. The Morgan fingerprint density at radius 2 is 1.74 bits per heavy atom. The molecule has 2 saturated heterocycles. The second-order valence-corrected chi connectivity index (χ2v) is 16.5. The lowest BCUT2D eigenvalue weighted by atomic mass is 9.73. The van der Waals surface area contributed by atoms with E-state index in [0.717, 1.165) is 72.3 Å². The third-order valence-corrected chi connectivity index (χ3v) is 11.4. The maximum Gasteiger partial charge on any atom is 0.410 e. The first-order valence-corrected chi connectivity index (χ1v) is 17.4. The number of piperidine rings is 1. The third kappa shape index (κ3) is 5.00. The predicted molar refractivity (Wildman–Crippen MR) is 179 cm³/mol. The Hall–Kier alpha value is -3.17. The quantitative estimate of drug-likeness (QED) is 0.286. The van der Waals surface area contributed by atoms with Crippen LogP contribution in [0.3, 0.4) is 0 Å². The van der Waals surface area contributed by atoms with Crippen LogP contribution in [0.25, 0.3) is 22.3 Å². The summed E-state index contributed by atoms with van der Waals surface area (Å²) in [5.74, 6) is 0.179. The molecule has 0 N–H and O–H groups in total. The van der Waals surface area contributed by atoms with Crippen LogP contribution < -0.4 is 4.90 Å². The van der Waals surface area contributed by atoms with E-state index < -0.39 is 11.0 Å². The van der Waals surface area contributed by atoms with Crippen molar-refractivity contribution in [2.45, 2.75) is 109 Å². The molecule has 5 aliphatic rings. The Morgan fingerprint density at radius 3 is 2.39 bits per heavy atom. The van der Waals surface area contributed by atoms with E-state index in [1.54, 1.807) is 4.90 Å². The highest BCUT2D eigenvalue weighted by atomic mass is 35.5. The maximum atomic E-state index is 14.7. The molecule has 0 radical (unpaired) electrons. The van der Waals surface area contributed by atoms with Crippen LogP contribution in [0.4, 0.5) is 10.5 Å². The standard InChI is InChI=1S/C36H45ClN6O3/c1-34(2,3)46-33(45)40-14-11-36(12-15-40)26-9-6-22(27-19-28-30(31(37)39-27)42(21-38-28)23-7-8-23)16-29(26)43(32(36)44)25-17-24(18-25)41-13-10-35(4,5)20-41/h6,9,16,19,21,23-25H,7-8,10-15,17-18,20H2,1-5H3. The first-order chi connectivity index (χ1) is 21.8. The van der Waals surface area contributed by atoms with Crippen molar-refractivity contribution in [3.63, 3.8) is 0 Å². The number of amides is 2. The minimum Gasteiger partial charge on any atom is -0.444 e. The molecule has 8 rings (SSSR count). The number of rotatable bonds is 4. The van der Waals surface area contributed by atoms with Crippen LogP contribution in [0.2, 0.25) is 5.15 Å². The molecular formula is C36H45ClN6O3. The number of likely N-dealkylation sites (tertiary alicyclic amines) is 2. The van der Waals surface area contributed by atoms with Crippen molar-refractivity contribution in [1.29, 1.82) is 0 Å². The number of imidazole rings is 1. The highest BCUT2D eigenvalue weighted by Crippen LogP contribution is 2.52. The lowest BCUT2D eigenvalue weighted by Gasteiger charge is -2.46. The average Bonchev–Trinajstić information content (AvgIpc) is 3.56. The molecule has 2 aromatic heterocycles. The molecule has 2 aliphatic carbocycles. The summed E-state index contributed by atoms with van der Waals surface area (Å²) in [6, 6.07) is 9.52. The number of anilines is 1. The van der Waals surface area contributed by atoms with Crippen molar-refractivity contribution in [2.24, 2.45) is 5.41 Å². The molecular weight excluding hydrogens is 600 g/mol. The highest BCUT2D eigenvalue weighted by Gasteiger charge is 2.56. The zero-order valence-electron chi connectivity index (χ0n) is 27.7. The lowest BCUT2D eigenvalue weighted by Crippen LogP contribution is -2.58. The van der Waals surface area contributed by atoms with E-state index in [1.165, 1.54) is 6.42 Å². The molecule has 2 saturated carbocycles. The summed E-state index contributed by atoms with van der Waals surface area (Å²) in [5, 5.41) is 0.465. The fourth-order valence-corrected chi connectivity index (χ4v) is 8.60. The van der Waals surface area contributed by atoms with Crippen molar-refractivity contribution in [1.82, 2.24) is 24.3 Å². The Labute approximate surface area is 276 Å². The first-order valence-electron chi connectivity index (χ1n) is 17.1. The number of benzene rings is 1. The Morgan fingerprint density at radius 1 is 1.00 bits per heavy atom. The van der Waals surface area contributed by atoms with E-state index in [9.17, 15) is 9.59 Å². The number of ether oxygens (including phenoxy) is 1. The monoisotopic (exact) mass is 644 g/mol. The van der Waals surface area contributed by atoms with Gasteiger partial charge in [-0.25, -0.2) is 14.8 Å². The third-order valence-electron chi connectivity index (χ3n) is 11.1. The molecule has 244 valence electrons. The maximum absolute atomic E-state index is 14.7. The molecule has 0 atom stereocenters. The van der Waals surface area contributed by atoms with Crippen molar-refractivity contribution < 1.29 is 14.3 Å². The van der Waals surface area contributed by atoms with Gasteiger partial charge < -0.3 is 19.1 Å². The number of fused-ring (bicyclic) bond motifs is 3. The molecule has 1 aromatic carbocycles. The van der Waals surface area contributed by atoms with Gasteiger partial charge in [0, 0.05) is 49.0 Å². The topological polar surface area (TPSA) is 83.8 Å². The van der Waals surface area contributed by atoms with Gasteiger partial charge in [-0.2, -0.15) is 0 Å². The molecule has 5 heterocycles. The van der Waals surface area contributed by atoms with Gasteiger partial charge in [-0.1, -0.05) is 37.6 Å². The van der Waals surface area contributed by atoms with E-state index in [4.69, 9.17) is 21.3 Å². The number of hydrogen-bond donors (Lipinski definition) is 0. The van der Waals surface area contributed by atoms with Gasteiger partial charge in [0.15, 0.2) is 5.15 Å². The van der Waals surface area contributed by atoms with Crippen molar-refractivity contribution in [3.8, 4) is 11.3 Å². The molecule has 0 unspecified atom stereocenters. The van der Waals surface area contributed by atoms with Crippen LogP contribution in [0.1, 0.15) is 91.2 Å². The highest BCUT2D eigenvalue weighted by molar-refractivity contribution is 6.34. The van der Waals surface area contributed by atoms with Crippen molar-refractivity contribution in [2.75, 3.05) is 31.1 Å². The van der Waals surface area contributed by atoms with Crippen molar-refractivity contribution in [3.05, 3.63) is 41.3 Å². The fourth-order valence-electron chi connectivity index (χ4n) is 8.32. The van der Waals surface area contributed by atoms with E-state index in [1.807, 2.05) is 33.2 Å². The van der Waals surface area contributed by atoms with Crippen LogP contribution >= 0.6 is 11.6 Å². The molecule has 3 aliphatic heterocycles. The van der Waals surface area contributed by atoms with Gasteiger partial charge in [0.25, 0.3) is 0 Å². The van der Waals surface area contributed by atoms with Gasteiger partial charge in [0.2, 0.25) is 5.91 Å². The molecule has 9 nitrogen and oxygen atoms in total. The van der Waals surface area contributed by atoms with Gasteiger partial charge >= 0.3 is 6.09 Å². The molecule has 3 aromatic rings. The van der Waals surface area contributed by atoms with E-state index in [0.29, 0.717) is 48.6 Å². The van der Waals surface area contributed by atoms with E-state index >= 15 is 0 Å². The number of carbonyl (C=O) groups is 2. The lowest BCUT2D eigenvalue weighted by molar-refractivity contribution is -0.126. The summed E-state index contributed by atoms with van der Waals surface area (Å²) in [5.41, 5.74) is 4.64. The smallest absolute Gasteiger partial charge is 0.410 e. The van der Waals surface area contributed by atoms with Gasteiger partial charge in [-0.05, 0) is 95.4 Å². The van der Waals surface area contributed by atoms with Gasteiger partial charge in [-0.15, -0.1) is 0 Å².